The smallest absolute Gasteiger partial charge is 0.256 e. The highest BCUT2D eigenvalue weighted by molar-refractivity contribution is 5.95. The van der Waals surface area contributed by atoms with Gasteiger partial charge in [-0.25, -0.2) is 0 Å². The lowest BCUT2D eigenvalue weighted by atomic mass is 9.89. The Kier molecular flexibility index (Phi) is 6.04. The normalized spacial score (nSPS) is 17.2. The van der Waals surface area contributed by atoms with Crippen molar-refractivity contribution in [2.24, 2.45) is 0 Å². The molecule has 2 aliphatic heterocycles. The predicted octanol–water partition coefficient (Wildman–Crippen LogP) is 4.97. The fourth-order valence-electron chi connectivity index (χ4n) is 5.11. The number of likely N-dealkylation sites (tertiary alicyclic amines) is 1. The minimum Gasteiger partial charge on any atom is -0.334 e. The first-order valence-electron chi connectivity index (χ1n) is 11.8. The summed E-state index contributed by atoms with van der Waals surface area (Å²) < 4.78 is 0. The van der Waals surface area contributed by atoms with Gasteiger partial charge in [0, 0.05) is 31.2 Å². The van der Waals surface area contributed by atoms with Crippen molar-refractivity contribution in [3.05, 3.63) is 100 Å². The Bertz CT molecular complexity index is 1090. The van der Waals surface area contributed by atoms with Crippen LogP contribution >= 0.6 is 0 Å². The molecule has 0 N–H and O–H groups in total. The van der Waals surface area contributed by atoms with E-state index in [1.165, 1.54) is 16.7 Å². The number of aryl methyl sites for hydroxylation is 1. The molecule has 4 heteroatoms. The summed E-state index contributed by atoms with van der Waals surface area (Å²) in [4.78, 5) is 23.0. The number of hydrogen-bond acceptors (Lipinski definition) is 3. The molecule has 2 aliphatic rings. The maximum Gasteiger partial charge on any atom is 0.256 e. The van der Waals surface area contributed by atoms with E-state index in [9.17, 15) is 4.79 Å². The average Bonchev–Trinajstić information content (AvgIpc) is 2.84. The van der Waals surface area contributed by atoms with Crippen LogP contribution in [0.3, 0.4) is 0 Å². The minimum absolute atomic E-state index is 0.133. The van der Waals surface area contributed by atoms with E-state index in [4.69, 9.17) is 4.98 Å². The van der Waals surface area contributed by atoms with Gasteiger partial charge in [0.05, 0.1) is 11.3 Å². The summed E-state index contributed by atoms with van der Waals surface area (Å²) in [6.07, 6.45) is 3.02. The molecule has 0 aliphatic carbocycles. The summed E-state index contributed by atoms with van der Waals surface area (Å²) in [6.45, 7) is 6.57. The predicted molar refractivity (Wildman–Crippen MR) is 128 cm³/mol. The highest BCUT2D eigenvalue weighted by Crippen LogP contribution is 2.31. The lowest BCUT2D eigenvalue weighted by Gasteiger charge is -2.33. The van der Waals surface area contributed by atoms with E-state index >= 15 is 0 Å². The summed E-state index contributed by atoms with van der Waals surface area (Å²) in [5.41, 5.74) is 6.80. The molecule has 5 rings (SSSR count). The Labute approximate surface area is 190 Å². The fraction of sp³-hybridized carbons (Fsp3) is 0.357. The number of carbonyl (C=O) groups excluding carboxylic acids is 1. The van der Waals surface area contributed by atoms with Gasteiger partial charge < -0.3 is 4.90 Å². The van der Waals surface area contributed by atoms with Gasteiger partial charge >= 0.3 is 0 Å². The van der Waals surface area contributed by atoms with Gasteiger partial charge in [0.2, 0.25) is 0 Å². The summed E-state index contributed by atoms with van der Waals surface area (Å²) in [7, 11) is 0. The third-order valence-corrected chi connectivity index (χ3v) is 6.94. The first-order valence-corrected chi connectivity index (χ1v) is 11.8. The second kappa shape index (κ2) is 9.25. The second-order valence-corrected chi connectivity index (χ2v) is 9.17. The van der Waals surface area contributed by atoms with Gasteiger partial charge in [-0.15, -0.1) is 0 Å². The molecule has 0 saturated carbocycles. The number of rotatable bonds is 4. The molecule has 1 fully saturated rings. The van der Waals surface area contributed by atoms with E-state index in [0.717, 1.165) is 62.4 Å². The van der Waals surface area contributed by atoms with Crippen molar-refractivity contribution in [1.29, 1.82) is 0 Å². The molecule has 32 heavy (non-hydrogen) atoms. The highest BCUT2D eigenvalue weighted by Gasteiger charge is 2.29. The quantitative estimate of drug-likeness (QED) is 0.592. The molecule has 0 atom stereocenters. The van der Waals surface area contributed by atoms with Gasteiger partial charge in [-0.05, 0) is 68.1 Å². The van der Waals surface area contributed by atoms with Gasteiger partial charge in [-0.3, -0.25) is 14.7 Å². The molecule has 4 nitrogen and oxygen atoms in total. The largest absolute Gasteiger partial charge is 0.334 e. The Morgan fingerprint density at radius 1 is 0.906 bits per heavy atom. The number of pyridine rings is 1. The van der Waals surface area contributed by atoms with Gasteiger partial charge in [0.15, 0.2) is 0 Å². The topological polar surface area (TPSA) is 36.4 Å². The maximum atomic E-state index is 13.6. The van der Waals surface area contributed by atoms with Crippen LogP contribution in [-0.2, 0) is 19.5 Å². The van der Waals surface area contributed by atoms with Gasteiger partial charge in [-0.1, -0.05) is 54.6 Å². The van der Waals surface area contributed by atoms with Crippen LogP contribution in [-0.4, -0.2) is 40.3 Å². The minimum atomic E-state index is 0.133. The van der Waals surface area contributed by atoms with Crippen LogP contribution in [0.25, 0.3) is 0 Å². The van der Waals surface area contributed by atoms with Crippen LogP contribution in [0.4, 0.5) is 0 Å². The van der Waals surface area contributed by atoms with Gasteiger partial charge in [0.1, 0.15) is 0 Å². The molecular weight excluding hydrogens is 394 g/mol. The number of carbonyl (C=O) groups is 1. The van der Waals surface area contributed by atoms with E-state index in [-0.39, 0.29) is 5.91 Å². The maximum absolute atomic E-state index is 13.6. The molecule has 1 saturated heterocycles. The molecule has 0 radical (unpaired) electrons. The first-order chi connectivity index (χ1) is 15.7. The summed E-state index contributed by atoms with van der Waals surface area (Å²) in [5.74, 6) is 0.478. The Morgan fingerprint density at radius 2 is 1.62 bits per heavy atom. The number of hydrogen-bond donors (Lipinski definition) is 0. The van der Waals surface area contributed by atoms with Crippen LogP contribution < -0.4 is 0 Å². The number of amides is 1. The number of piperidine rings is 1. The Balaban J connectivity index is 1.30. The molecule has 2 aromatic carbocycles. The van der Waals surface area contributed by atoms with Crippen molar-refractivity contribution >= 4 is 5.91 Å². The Morgan fingerprint density at radius 3 is 2.41 bits per heavy atom. The average molecular weight is 426 g/mol. The third-order valence-electron chi connectivity index (χ3n) is 6.94. The summed E-state index contributed by atoms with van der Waals surface area (Å²) in [5, 5.41) is 0. The standard InChI is InChI=1S/C28H31N3O/c1-21-11-12-26(28(32)31-18-15-23-9-5-6-10-25(23)20-31)27(29-21)24-13-16-30(17-14-24)19-22-7-3-2-4-8-22/h2-12,24H,13-20H2,1H3. The van der Waals surface area contributed by atoms with Crippen molar-refractivity contribution in [3.8, 4) is 0 Å². The highest BCUT2D eigenvalue weighted by atomic mass is 16.2. The first kappa shape index (κ1) is 20.9. The van der Waals surface area contributed by atoms with Crippen LogP contribution in [0, 0.1) is 6.92 Å². The van der Waals surface area contributed by atoms with Crippen LogP contribution in [0.2, 0.25) is 0 Å². The van der Waals surface area contributed by atoms with E-state index < -0.39 is 0 Å². The Hall–Kier alpha value is -2.98. The number of aromatic nitrogens is 1. The SMILES string of the molecule is Cc1ccc(C(=O)N2CCc3ccccc3C2)c(C2CCN(Cc3ccccc3)CC2)n1. The van der Waals surface area contributed by atoms with E-state index in [1.807, 2.05) is 24.0 Å². The number of fused-ring (bicyclic) bond motifs is 1. The molecule has 1 amide bonds. The van der Waals surface area contributed by atoms with Crippen LogP contribution in [0.1, 0.15) is 57.2 Å². The van der Waals surface area contributed by atoms with Gasteiger partial charge in [0.25, 0.3) is 5.91 Å². The number of benzene rings is 2. The van der Waals surface area contributed by atoms with Gasteiger partial charge in [-0.2, -0.15) is 0 Å². The van der Waals surface area contributed by atoms with E-state index in [0.29, 0.717) is 12.5 Å². The van der Waals surface area contributed by atoms with Crippen molar-refractivity contribution in [2.75, 3.05) is 19.6 Å². The monoisotopic (exact) mass is 425 g/mol. The molecule has 0 spiro atoms. The van der Waals surface area contributed by atoms with E-state index in [2.05, 4.69) is 59.5 Å². The van der Waals surface area contributed by atoms with Crippen molar-refractivity contribution < 1.29 is 4.79 Å². The zero-order chi connectivity index (χ0) is 21.9. The molecule has 3 heterocycles. The van der Waals surface area contributed by atoms with Crippen LogP contribution in [0.5, 0.6) is 0 Å². The summed E-state index contributed by atoms with van der Waals surface area (Å²) in [6, 6.07) is 23.1. The van der Waals surface area contributed by atoms with Crippen molar-refractivity contribution in [2.45, 2.75) is 45.2 Å². The molecule has 3 aromatic rings. The lowest BCUT2D eigenvalue weighted by molar-refractivity contribution is 0.0731. The molecule has 0 unspecified atom stereocenters. The second-order valence-electron chi connectivity index (χ2n) is 9.17. The van der Waals surface area contributed by atoms with Crippen molar-refractivity contribution in [3.63, 3.8) is 0 Å². The zero-order valence-corrected chi connectivity index (χ0v) is 18.8. The van der Waals surface area contributed by atoms with Crippen molar-refractivity contribution in [1.82, 2.24) is 14.8 Å². The fourth-order valence-corrected chi connectivity index (χ4v) is 5.11. The zero-order valence-electron chi connectivity index (χ0n) is 18.8. The molecule has 164 valence electrons. The summed E-state index contributed by atoms with van der Waals surface area (Å²) >= 11 is 0. The molecule has 1 aromatic heterocycles. The number of nitrogens with zero attached hydrogens (tertiary/aromatic N) is 3. The molecular formula is C28H31N3O. The third kappa shape index (κ3) is 4.46. The van der Waals surface area contributed by atoms with Crippen LogP contribution in [0.15, 0.2) is 66.7 Å². The van der Waals surface area contributed by atoms with E-state index in [1.54, 1.807) is 0 Å². The lowest BCUT2D eigenvalue weighted by Crippen LogP contribution is -2.37. The molecule has 0 bridgehead atoms.